The molecule has 1 aliphatic carbocycles. The van der Waals surface area contributed by atoms with Gasteiger partial charge in [-0.05, 0) is 37.8 Å². The standard InChI is InChI=1S/C13H18N2O3/c1-10-4-5-12(15(16)17)11(8-10)14-9-13(18-2)6-3-7-13/h4-5,8,14H,3,6-7,9H2,1-2H3. The molecule has 5 nitrogen and oxygen atoms in total. The van der Waals surface area contributed by atoms with Crippen LogP contribution in [0.2, 0.25) is 0 Å². The molecule has 1 aliphatic rings. The molecule has 1 saturated carbocycles. The van der Waals surface area contributed by atoms with Crippen LogP contribution in [0.25, 0.3) is 0 Å². The summed E-state index contributed by atoms with van der Waals surface area (Å²) in [4.78, 5) is 10.6. The zero-order chi connectivity index (χ0) is 13.2. The molecule has 0 heterocycles. The maximum atomic E-state index is 10.9. The number of methoxy groups -OCH3 is 1. The first-order valence-electron chi connectivity index (χ1n) is 6.10. The molecule has 1 aromatic carbocycles. The third kappa shape index (κ3) is 2.46. The first-order chi connectivity index (χ1) is 8.56. The summed E-state index contributed by atoms with van der Waals surface area (Å²) in [6, 6.07) is 5.09. The van der Waals surface area contributed by atoms with Crippen molar-refractivity contribution in [3.63, 3.8) is 0 Å². The zero-order valence-electron chi connectivity index (χ0n) is 10.7. The number of nitro benzene ring substituents is 1. The van der Waals surface area contributed by atoms with E-state index in [0.29, 0.717) is 12.2 Å². The lowest BCUT2D eigenvalue weighted by molar-refractivity contribution is -0.384. The molecule has 0 aromatic heterocycles. The third-order valence-corrected chi connectivity index (χ3v) is 3.65. The molecule has 1 aromatic rings. The number of rotatable bonds is 5. The van der Waals surface area contributed by atoms with Gasteiger partial charge in [0, 0.05) is 19.7 Å². The molecule has 0 spiro atoms. The van der Waals surface area contributed by atoms with E-state index in [4.69, 9.17) is 4.74 Å². The van der Waals surface area contributed by atoms with E-state index in [9.17, 15) is 10.1 Å². The largest absolute Gasteiger partial charge is 0.377 e. The van der Waals surface area contributed by atoms with Gasteiger partial charge in [0.2, 0.25) is 0 Å². The van der Waals surface area contributed by atoms with Crippen LogP contribution in [0, 0.1) is 17.0 Å². The van der Waals surface area contributed by atoms with E-state index in [1.807, 2.05) is 6.92 Å². The highest BCUT2D eigenvalue weighted by atomic mass is 16.6. The zero-order valence-corrected chi connectivity index (χ0v) is 10.7. The van der Waals surface area contributed by atoms with Gasteiger partial charge in [-0.25, -0.2) is 0 Å². The van der Waals surface area contributed by atoms with E-state index < -0.39 is 0 Å². The summed E-state index contributed by atoms with van der Waals surface area (Å²) in [5.74, 6) is 0. The first kappa shape index (κ1) is 12.8. The van der Waals surface area contributed by atoms with Gasteiger partial charge in [-0.3, -0.25) is 10.1 Å². The average Bonchev–Trinajstić information content (AvgIpc) is 2.28. The van der Waals surface area contributed by atoms with Crippen molar-refractivity contribution in [2.75, 3.05) is 19.0 Å². The second kappa shape index (κ2) is 4.94. The van der Waals surface area contributed by atoms with Crippen molar-refractivity contribution in [2.45, 2.75) is 31.8 Å². The van der Waals surface area contributed by atoms with Gasteiger partial charge in [-0.2, -0.15) is 0 Å². The van der Waals surface area contributed by atoms with Crippen LogP contribution in [0.3, 0.4) is 0 Å². The lowest BCUT2D eigenvalue weighted by atomic mass is 9.80. The van der Waals surface area contributed by atoms with E-state index in [1.54, 1.807) is 19.2 Å². The molecular weight excluding hydrogens is 232 g/mol. The highest BCUT2D eigenvalue weighted by molar-refractivity contribution is 5.62. The number of hydrogen-bond acceptors (Lipinski definition) is 4. The van der Waals surface area contributed by atoms with Crippen molar-refractivity contribution < 1.29 is 9.66 Å². The predicted molar refractivity (Wildman–Crippen MR) is 69.9 cm³/mol. The van der Waals surface area contributed by atoms with Crippen LogP contribution in [-0.4, -0.2) is 24.2 Å². The minimum absolute atomic E-state index is 0.117. The highest BCUT2D eigenvalue weighted by Gasteiger charge is 2.37. The van der Waals surface area contributed by atoms with Gasteiger partial charge in [-0.1, -0.05) is 6.07 Å². The molecule has 5 heteroatoms. The van der Waals surface area contributed by atoms with E-state index in [2.05, 4.69) is 5.32 Å². The predicted octanol–water partition coefficient (Wildman–Crippen LogP) is 2.88. The van der Waals surface area contributed by atoms with Gasteiger partial charge in [0.25, 0.3) is 5.69 Å². The number of hydrogen-bond donors (Lipinski definition) is 1. The third-order valence-electron chi connectivity index (χ3n) is 3.65. The van der Waals surface area contributed by atoms with Crippen molar-refractivity contribution in [1.82, 2.24) is 0 Å². The number of ether oxygens (including phenoxy) is 1. The van der Waals surface area contributed by atoms with E-state index in [1.165, 1.54) is 6.07 Å². The van der Waals surface area contributed by atoms with Gasteiger partial charge in [0.1, 0.15) is 5.69 Å². The van der Waals surface area contributed by atoms with Gasteiger partial charge >= 0.3 is 0 Å². The Morgan fingerprint density at radius 3 is 2.72 bits per heavy atom. The lowest BCUT2D eigenvalue weighted by Gasteiger charge is -2.40. The van der Waals surface area contributed by atoms with Gasteiger partial charge in [0.15, 0.2) is 0 Å². The summed E-state index contributed by atoms with van der Waals surface area (Å²) in [7, 11) is 1.70. The fraction of sp³-hybridized carbons (Fsp3) is 0.538. The highest BCUT2D eigenvalue weighted by Crippen LogP contribution is 2.36. The van der Waals surface area contributed by atoms with Crippen molar-refractivity contribution in [1.29, 1.82) is 0 Å². The smallest absolute Gasteiger partial charge is 0.292 e. The molecule has 18 heavy (non-hydrogen) atoms. The van der Waals surface area contributed by atoms with Crippen LogP contribution >= 0.6 is 0 Å². The molecule has 1 fully saturated rings. The molecule has 1 N–H and O–H groups in total. The van der Waals surface area contributed by atoms with Crippen LogP contribution in [0.1, 0.15) is 24.8 Å². The van der Waals surface area contributed by atoms with E-state index in [0.717, 1.165) is 24.8 Å². The topological polar surface area (TPSA) is 64.4 Å². The van der Waals surface area contributed by atoms with Crippen LogP contribution < -0.4 is 5.32 Å². The molecule has 0 atom stereocenters. The lowest BCUT2D eigenvalue weighted by Crippen LogP contribution is -2.45. The Morgan fingerprint density at radius 1 is 1.50 bits per heavy atom. The number of nitro groups is 1. The molecule has 0 aliphatic heterocycles. The van der Waals surface area contributed by atoms with E-state index in [-0.39, 0.29) is 16.2 Å². The minimum atomic E-state index is -0.359. The summed E-state index contributed by atoms with van der Waals surface area (Å²) < 4.78 is 5.49. The van der Waals surface area contributed by atoms with Crippen LogP contribution in [0.15, 0.2) is 18.2 Å². The van der Waals surface area contributed by atoms with Crippen molar-refractivity contribution >= 4 is 11.4 Å². The Morgan fingerprint density at radius 2 is 2.22 bits per heavy atom. The molecule has 0 bridgehead atoms. The fourth-order valence-corrected chi connectivity index (χ4v) is 2.23. The maximum Gasteiger partial charge on any atom is 0.292 e. The molecule has 98 valence electrons. The summed E-state index contributed by atoms with van der Waals surface area (Å²) >= 11 is 0. The first-order valence-corrected chi connectivity index (χ1v) is 6.10. The summed E-state index contributed by atoms with van der Waals surface area (Å²) in [5.41, 5.74) is 1.55. The van der Waals surface area contributed by atoms with Gasteiger partial charge in [-0.15, -0.1) is 0 Å². The second-order valence-corrected chi connectivity index (χ2v) is 4.87. The quantitative estimate of drug-likeness (QED) is 0.644. The van der Waals surface area contributed by atoms with E-state index >= 15 is 0 Å². The Labute approximate surface area is 106 Å². The van der Waals surface area contributed by atoms with Crippen molar-refractivity contribution in [2.24, 2.45) is 0 Å². The van der Waals surface area contributed by atoms with Crippen LogP contribution in [0.5, 0.6) is 0 Å². The van der Waals surface area contributed by atoms with Crippen LogP contribution in [0.4, 0.5) is 11.4 Å². The summed E-state index contributed by atoms with van der Waals surface area (Å²) in [5, 5.41) is 14.1. The molecule has 0 unspecified atom stereocenters. The Bertz CT molecular complexity index is 450. The molecule has 0 amide bonds. The van der Waals surface area contributed by atoms with Crippen molar-refractivity contribution in [3.05, 3.63) is 33.9 Å². The molecular formula is C13H18N2O3. The Kier molecular flexibility index (Phi) is 3.52. The number of nitrogens with zero attached hydrogens (tertiary/aromatic N) is 1. The summed E-state index contributed by atoms with van der Waals surface area (Å²) in [6.07, 6.45) is 3.18. The average molecular weight is 250 g/mol. The number of benzene rings is 1. The van der Waals surface area contributed by atoms with Crippen LogP contribution in [-0.2, 0) is 4.74 Å². The Hall–Kier alpha value is -1.62. The fourth-order valence-electron chi connectivity index (χ4n) is 2.23. The van der Waals surface area contributed by atoms with Crippen molar-refractivity contribution in [3.8, 4) is 0 Å². The summed E-state index contributed by atoms with van der Waals surface area (Å²) in [6.45, 7) is 2.54. The second-order valence-electron chi connectivity index (χ2n) is 4.87. The number of anilines is 1. The monoisotopic (exact) mass is 250 g/mol. The molecule has 0 saturated heterocycles. The maximum absolute atomic E-state index is 10.9. The molecule has 2 rings (SSSR count). The molecule has 0 radical (unpaired) electrons. The van der Waals surface area contributed by atoms with Gasteiger partial charge in [0.05, 0.1) is 10.5 Å². The SMILES string of the molecule is COC1(CNc2cc(C)ccc2[N+](=O)[O-])CCC1. The number of nitrogens with one attached hydrogen (secondary N) is 1. The van der Waals surface area contributed by atoms with Gasteiger partial charge < -0.3 is 10.1 Å². The normalized spacial score (nSPS) is 17.0. The Balaban J connectivity index is 2.12. The minimum Gasteiger partial charge on any atom is -0.377 e. The number of aryl methyl sites for hydroxylation is 1.